The molecule has 1 aliphatic heterocycles. The maximum absolute atomic E-state index is 13.3. The summed E-state index contributed by atoms with van der Waals surface area (Å²) < 4.78 is 44.4. The van der Waals surface area contributed by atoms with Crippen LogP contribution in [0.2, 0.25) is 0 Å². The highest BCUT2D eigenvalue weighted by Crippen LogP contribution is 2.44. The zero-order valence-corrected chi connectivity index (χ0v) is 14.0. The zero-order chi connectivity index (χ0) is 20.5. The number of carboxylic acids is 1. The molecule has 1 aromatic rings. The van der Waals surface area contributed by atoms with E-state index in [0.717, 1.165) is 20.1 Å². The predicted molar refractivity (Wildman–Crippen MR) is 84.2 cm³/mol. The Bertz CT molecular complexity index is 875. The Labute approximate surface area is 150 Å². The van der Waals surface area contributed by atoms with Crippen molar-refractivity contribution < 1.29 is 37.5 Å². The van der Waals surface area contributed by atoms with Crippen LogP contribution in [0.4, 0.5) is 18.9 Å². The van der Waals surface area contributed by atoms with Gasteiger partial charge in [0.25, 0.3) is 5.69 Å². The van der Waals surface area contributed by atoms with Gasteiger partial charge in [0.2, 0.25) is 0 Å². The van der Waals surface area contributed by atoms with Gasteiger partial charge in [-0.15, -0.1) is 13.2 Å². The molecule has 1 aliphatic rings. The van der Waals surface area contributed by atoms with Crippen LogP contribution in [0, 0.1) is 10.1 Å². The number of nitro benzene ring substituents is 1. The Morgan fingerprint density at radius 1 is 1.30 bits per heavy atom. The van der Waals surface area contributed by atoms with Crippen molar-refractivity contribution in [3.8, 4) is 0 Å². The van der Waals surface area contributed by atoms with Gasteiger partial charge in [0.05, 0.1) is 29.1 Å². The van der Waals surface area contributed by atoms with E-state index >= 15 is 0 Å². The fourth-order valence-corrected chi connectivity index (χ4v) is 2.86. The number of nitrogens with zero attached hydrogens (tertiary/aromatic N) is 2. The minimum atomic E-state index is -5.02. The number of carbonyl (C=O) groups is 2. The van der Waals surface area contributed by atoms with Crippen molar-refractivity contribution in [3.05, 3.63) is 63.0 Å². The number of esters is 1. The third-order valence-electron chi connectivity index (χ3n) is 3.99. The fraction of sp³-hybridized carbons (Fsp3) is 0.250. The lowest BCUT2D eigenvalue weighted by Gasteiger charge is -2.34. The van der Waals surface area contributed by atoms with E-state index < -0.39 is 51.6 Å². The Hall–Kier alpha value is -3.37. The van der Waals surface area contributed by atoms with Crippen LogP contribution in [0.15, 0.2) is 47.3 Å². The molecule has 2 rings (SSSR count). The van der Waals surface area contributed by atoms with Gasteiger partial charge in [0, 0.05) is 23.5 Å². The second kappa shape index (κ2) is 7.09. The Morgan fingerprint density at radius 3 is 2.37 bits per heavy atom. The summed E-state index contributed by atoms with van der Waals surface area (Å²) >= 11 is 0. The summed E-state index contributed by atoms with van der Waals surface area (Å²) in [4.78, 5) is 34.0. The van der Waals surface area contributed by atoms with E-state index in [-0.39, 0.29) is 10.5 Å². The number of para-hydroxylation sites is 1. The van der Waals surface area contributed by atoms with Gasteiger partial charge in [-0.1, -0.05) is 18.2 Å². The lowest BCUT2D eigenvalue weighted by atomic mass is 9.81. The number of benzene rings is 1. The van der Waals surface area contributed by atoms with Crippen LogP contribution in [0.3, 0.4) is 0 Å². The smallest absolute Gasteiger partial charge is 0.478 e. The van der Waals surface area contributed by atoms with E-state index in [1.165, 1.54) is 18.2 Å². The van der Waals surface area contributed by atoms with Gasteiger partial charge >= 0.3 is 18.2 Å². The molecule has 1 unspecified atom stereocenters. The van der Waals surface area contributed by atoms with Crippen LogP contribution in [-0.4, -0.2) is 40.3 Å². The molecule has 1 N–H and O–H groups in total. The SMILES string of the molecule is COC(=O)C1=CN(C(F)(F)F)C(C)=C(C(=O)O)C1c1ccccc1[N+](=O)[O-]. The highest BCUT2D eigenvalue weighted by Gasteiger charge is 2.46. The molecule has 0 radical (unpaired) electrons. The maximum atomic E-state index is 13.3. The summed E-state index contributed by atoms with van der Waals surface area (Å²) in [6, 6.07) is 4.90. The van der Waals surface area contributed by atoms with Crippen molar-refractivity contribution in [2.45, 2.75) is 19.1 Å². The molecular weight excluding hydrogens is 373 g/mol. The molecule has 0 spiro atoms. The van der Waals surface area contributed by atoms with E-state index in [1.807, 2.05) is 0 Å². The highest BCUT2D eigenvalue weighted by atomic mass is 19.4. The molecule has 1 heterocycles. The van der Waals surface area contributed by atoms with Gasteiger partial charge in [-0.25, -0.2) is 9.59 Å². The predicted octanol–water partition coefficient (Wildman–Crippen LogP) is 2.93. The largest absolute Gasteiger partial charge is 0.488 e. The quantitative estimate of drug-likeness (QED) is 0.367. The second-order valence-electron chi connectivity index (χ2n) is 5.47. The first kappa shape index (κ1) is 19.9. The molecule has 1 atom stereocenters. The maximum Gasteiger partial charge on any atom is 0.488 e. The first-order valence-electron chi connectivity index (χ1n) is 7.34. The Balaban J connectivity index is 2.85. The number of halogens is 3. The molecule has 144 valence electrons. The van der Waals surface area contributed by atoms with Crippen LogP contribution in [0.5, 0.6) is 0 Å². The number of carbonyl (C=O) groups excluding carboxylic acids is 1. The molecule has 27 heavy (non-hydrogen) atoms. The first-order valence-corrected chi connectivity index (χ1v) is 7.34. The minimum Gasteiger partial charge on any atom is -0.478 e. The number of hydrogen-bond donors (Lipinski definition) is 1. The summed E-state index contributed by atoms with van der Waals surface area (Å²) in [7, 11) is 0.906. The Kier molecular flexibility index (Phi) is 5.24. The van der Waals surface area contributed by atoms with E-state index in [0.29, 0.717) is 6.20 Å². The average molecular weight is 386 g/mol. The summed E-state index contributed by atoms with van der Waals surface area (Å²) in [5.74, 6) is -4.60. The number of hydrogen-bond acceptors (Lipinski definition) is 6. The second-order valence-corrected chi connectivity index (χ2v) is 5.47. The number of carboxylic acid groups (broad SMARTS) is 1. The third kappa shape index (κ3) is 3.61. The molecule has 11 heteroatoms. The van der Waals surface area contributed by atoms with Crippen LogP contribution >= 0.6 is 0 Å². The molecule has 0 aromatic heterocycles. The number of aliphatic carboxylic acids is 1. The number of nitro groups is 1. The number of rotatable bonds is 4. The number of methoxy groups -OCH3 is 1. The van der Waals surface area contributed by atoms with Crippen LogP contribution < -0.4 is 0 Å². The molecule has 0 amide bonds. The highest BCUT2D eigenvalue weighted by molar-refractivity contribution is 5.98. The number of alkyl halides is 3. The summed E-state index contributed by atoms with van der Waals surface area (Å²) in [6.45, 7) is 0.906. The topological polar surface area (TPSA) is 110 Å². The van der Waals surface area contributed by atoms with Crippen molar-refractivity contribution in [1.29, 1.82) is 0 Å². The van der Waals surface area contributed by atoms with Crippen molar-refractivity contribution in [1.82, 2.24) is 4.90 Å². The number of allylic oxidation sites excluding steroid dienone is 1. The van der Waals surface area contributed by atoms with Gasteiger partial charge in [-0.05, 0) is 6.92 Å². The van der Waals surface area contributed by atoms with Gasteiger partial charge < -0.3 is 9.84 Å². The lowest BCUT2D eigenvalue weighted by Crippen LogP contribution is -2.39. The monoisotopic (exact) mass is 386 g/mol. The first-order chi connectivity index (χ1) is 12.5. The van der Waals surface area contributed by atoms with Crippen molar-refractivity contribution >= 4 is 17.6 Å². The van der Waals surface area contributed by atoms with Crippen LogP contribution in [-0.2, 0) is 14.3 Å². The summed E-state index contributed by atoms with van der Waals surface area (Å²) in [5.41, 5.74) is -3.00. The zero-order valence-electron chi connectivity index (χ0n) is 14.0. The third-order valence-corrected chi connectivity index (χ3v) is 3.99. The molecule has 0 saturated heterocycles. The van der Waals surface area contributed by atoms with Crippen LogP contribution in [0.1, 0.15) is 18.4 Å². The van der Waals surface area contributed by atoms with Gasteiger partial charge in [-0.3, -0.25) is 15.0 Å². The van der Waals surface area contributed by atoms with E-state index in [1.54, 1.807) is 0 Å². The van der Waals surface area contributed by atoms with Gasteiger partial charge in [0.15, 0.2) is 0 Å². The summed E-state index contributed by atoms with van der Waals surface area (Å²) in [6.07, 6.45) is -4.62. The van der Waals surface area contributed by atoms with Crippen molar-refractivity contribution in [3.63, 3.8) is 0 Å². The van der Waals surface area contributed by atoms with Gasteiger partial charge in [-0.2, -0.15) is 0 Å². The van der Waals surface area contributed by atoms with Gasteiger partial charge in [0.1, 0.15) is 0 Å². The fourth-order valence-electron chi connectivity index (χ4n) is 2.86. The standard InChI is InChI=1S/C16H13F3N2O6/c1-8-12(14(22)23)13(9-5-3-4-6-11(9)21(25)26)10(15(24)27-2)7-20(8)16(17,18)19/h3-7,13H,1-2H3,(H,22,23). The minimum absolute atomic E-state index is 0.238. The molecule has 1 aromatic carbocycles. The van der Waals surface area contributed by atoms with Crippen molar-refractivity contribution in [2.24, 2.45) is 0 Å². The molecule has 8 nitrogen and oxygen atoms in total. The van der Waals surface area contributed by atoms with E-state index in [9.17, 15) is 38.0 Å². The van der Waals surface area contributed by atoms with E-state index in [2.05, 4.69) is 4.74 Å². The summed E-state index contributed by atoms with van der Waals surface area (Å²) in [5, 5.41) is 20.8. The van der Waals surface area contributed by atoms with E-state index in [4.69, 9.17) is 0 Å². The normalized spacial score (nSPS) is 17.4. The molecule has 0 fully saturated rings. The lowest BCUT2D eigenvalue weighted by molar-refractivity contribution is -0.385. The van der Waals surface area contributed by atoms with Crippen LogP contribution in [0.25, 0.3) is 0 Å². The molecule has 0 aliphatic carbocycles. The molecule has 0 saturated carbocycles. The van der Waals surface area contributed by atoms with Crippen molar-refractivity contribution in [2.75, 3.05) is 7.11 Å². The number of ether oxygens (including phenoxy) is 1. The molecular formula is C16H13F3N2O6. The average Bonchev–Trinajstić information content (AvgIpc) is 2.59. The Morgan fingerprint density at radius 2 is 1.89 bits per heavy atom. The molecule has 0 bridgehead atoms.